The molecule has 2 amide bonds. The maximum Gasteiger partial charge on any atom is 0.271 e. The molecule has 0 aromatic heterocycles. The number of ether oxygens (including phenoxy) is 1. The SMILES string of the molecule is Nc1cc(C(=O)N/N=C/c2ccc(OCC(=O)NC3CCN(Cc4ccccc4)C3)c3ccccc23)ccc1O.S. The zero-order valence-corrected chi connectivity index (χ0v) is 23.4. The van der Waals surface area contributed by atoms with E-state index in [0.29, 0.717) is 5.75 Å². The Balaban J connectivity index is 0.00000387. The fourth-order valence-corrected chi connectivity index (χ4v) is 4.80. The van der Waals surface area contributed by atoms with E-state index in [2.05, 4.69) is 32.9 Å². The van der Waals surface area contributed by atoms with E-state index in [-0.39, 0.29) is 49.1 Å². The topological polar surface area (TPSA) is 129 Å². The number of fused-ring (bicyclic) bond motifs is 1. The van der Waals surface area contributed by atoms with Gasteiger partial charge in [0.1, 0.15) is 11.5 Å². The van der Waals surface area contributed by atoms with Crippen molar-refractivity contribution < 1.29 is 19.4 Å². The van der Waals surface area contributed by atoms with Gasteiger partial charge in [0, 0.05) is 42.2 Å². The van der Waals surface area contributed by atoms with Crippen LogP contribution in [0.15, 0.2) is 90.0 Å². The minimum atomic E-state index is -0.455. The molecule has 5 rings (SSSR count). The number of likely N-dealkylation sites (tertiary alicyclic amines) is 1. The second-order valence-corrected chi connectivity index (χ2v) is 9.73. The third-order valence-corrected chi connectivity index (χ3v) is 6.82. The number of phenols is 1. The van der Waals surface area contributed by atoms with Crippen LogP contribution in [0.3, 0.4) is 0 Å². The number of benzene rings is 4. The number of nitrogen functional groups attached to an aromatic ring is 1. The summed E-state index contributed by atoms with van der Waals surface area (Å²) in [5.74, 6) is -0.110. The summed E-state index contributed by atoms with van der Waals surface area (Å²) < 4.78 is 5.92. The smallest absolute Gasteiger partial charge is 0.271 e. The second kappa shape index (κ2) is 13.7. The van der Waals surface area contributed by atoms with Gasteiger partial charge in [0.2, 0.25) is 0 Å². The van der Waals surface area contributed by atoms with Gasteiger partial charge in [-0.2, -0.15) is 18.6 Å². The van der Waals surface area contributed by atoms with Crippen molar-refractivity contribution in [2.24, 2.45) is 5.10 Å². The van der Waals surface area contributed by atoms with Crippen LogP contribution in [0.1, 0.15) is 27.9 Å². The zero-order valence-electron chi connectivity index (χ0n) is 22.4. The van der Waals surface area contributed by atoms with Crippen molar-refractivity contribution in [3.8, 4) is 11.5 Å². The van der Waals surface area contributed by atoms with Crippen LogP contribution >= 0.6 is 13.5 Å². The first-order chi connectivity index (χ1) is 19.5. The Kier molecular flexibility index (Phi) is 9.83. The van der Waals surface area contributed by atoms with Crippen molar-refractivity contribution in [3.05, 3.63) is 102 Å². The number of hydrazone groups is 1. The van der Waals surface area contributed by atoms with Crippen LogP contribution in [-0.2, 0) is 11.3 Å². The normalized spacial score (nSPS) is 15.0. The van der Waals surface area contributed by atoms with Gasteiger partial charge >= 0.3 is 0 Å². The first-order valence-electron chi connectivity index (χ1n) is 13.1. The summed E-state index contributed by atoms with van der Waals surface area (Å²) in [6.07, 6.45) is 2.45. The van der Waals surface area contributed by atoms with Gasteiger partial charge in [-0.1, -0.05) is 54.6 Å². The van der Waals surface area contributed by atoms with Gasteiger partial charge in [0.05, 0.1) is 11.9 Å². The standard InChI is InChI=1S/C31H31N5O4.H2S/c32-27-16-22(10-12-28(27)37)31(39)35-33-17-23-11-13-29(26-9-5-4-8-25(23)26)40-20-30(38)34-24-14-15-36(19-24)18-21-6-2-1-3-7-21;/h1-13,16-17,24,37H,14-15,18-20,32H2,(H,34,38)(H,35,39);1H2/b33-17+;. The molecule has 1 unspecified atom stereocenters. The van der Waals surface area contributed by atoms with Crippen LogP contribution in [0.25, 0.3) is 10.8 Å². The number of nitrogens with zero attached hydrogens (tertiary/aromatic N) is 2. The lowest BCUT2D eigenvalue weighted by Gasteiger charge is -2.17. The number of nitrogens with one attached hydrogen (secondary N) is 2. The zero-order chi connectivity index (χ0) is 27.9. The number of phenolic OH excluding ortho intramolecular Hbond substituents is 1. The molecular weight excluding hydrogens is 538 g/mol. The number of carbonyl (C=O) groups excluding carboxylic acids is 2. The highest BCUT2D eigenvalue weighted by molar-refractivity contribution is 7.59. The number of hydrogen-bond donors (Lipinski definition) is 4. The number of carbonyl (C=O) groups is 2. The summed E-state index contributed by atoms with van der Waals surface area (Å²) in [4.78, 5) is 27.4. The van der Waals surface area contributed by atoms with E-state index in [1.54, 1.807) is 12.3 Å². The highest BCUT2D eigenvalue weighted by atomic mass is 32.1. The average molecular weight is 572 g/mol. The molecule has 4 aromatic carbocycles. The Labute approximate surface area is 245 Å². The Morgan fingerprint density at radius 3 is 2.56 bits per heavy atom. The fourth-order valence-electron chi connectivity index (χ4n) is 4.80. The molecule has 9 nitrogen and oxygen atoms in total. The maximum atomic E-state index is 12.7. The lowest BCUT2D eigenvalue weighted by atomic mass is 10.0. The van der Waals surface area contributed by atoms with Gasteiger partial charge < -0.3 is 20.9 Å². The number of amides is 2. The van der Waals surface area contributed by atoms with Gasteiger partial charge in [-0.3, -0.25) is 14.5 Å². The molecule has 0 spiro atoms. The largest absolute Gasteiger partial charge is 0.506 e. The monoisotopic (exact) mass is 571 g/mol. The van der Waals surface area contributed by atoms with Gasteiger partial charge in [0.25, 0.3) is 11.8 Å². The fraction of sp³-hybridized carbons (Fsp3) is 0.194. The van der Waals surface area contributed by atoms with Gasteiger partial charge in [0.15, 0.2) is 6.61 Å². The highest BCUT2D eigenvalue weighted by Gasteiger charge is 2.24. The molecule has 1 aliphatic rings. The molecule has 1 saturated heterocycles. The molecule has 1 aliphatic heterocycles. The van der Waals surface area contributed by atoms with Gasteiger partial charge in [-0.25, -0.2) is 5.43 Å². The van der Waals surface area contributed by atoms with Crippen molar-refractivity contribution in [3.63, 3.8) is 0 Å². The van der Waals surface area contributed by atoms with E-state index in [1.165, 1.54) is 23.8 Å². The molecular formula is C31H33N5O4S. The maximum absolute atomic E-state index is 12.7. The molecule has 0 radical (unpaired) electrons. The third-order valence-electron chi connectivity index (χ3n) is 6.82. The summed E-state index contributed by atoms with van der Waals surface area (Å²) >= 11 is 0. The third kappa shape index (κ3) is 7.56. The van der Waals surface area contributed by atoms with E-state index in [1.807, 2.05) is 48.5 Å². The average Bonchev–Trinajstić information content (AvgIpc) is 3.40. The van der Waals surface area contributed by atoms with Crippen LogP contribution in [-0.4, -0.2) is 53.8 Å². The Hall–Kier alpha value is -4.54. The first kappa shape index (κ1) is 29.4. The molecule has 41 heavy (non-hydrogen) atoms. The predicted octanol–water partition coefficient (Wildman–Crippen LogP) is 3.77. The summed E-state index contributed by atoms with van der Waals surface area (Å²) in [6, 6.07) is 25.9. The van der Waals surface area contributed by atoms with E-state index in [4.69, 9.17) is 10.5 Å². The van der Waals surface area contributed by atoms with Crippen molar-refractivity contribution in [1.29, 1.82) is 0 Å². The summed E-state index contributed by atoms with van der Waals surface area (Å²) in [5.41, 5.74) is 10.6. The van der Waals surface area contributed by atoms with Crippen molar-refractivity contribution in [1.82, 2.24) is 15.6 Å². The Bertz CT molecular complexity index is 1550. The van der Waals surface area contributed by atoms with E-state index in [9.17, 15) is 14.7 Å². The van der Waals surface area contributed by atoms with Crippen molar-refractivity contribution in [2.75, 3.05) is 25.4 Å². The molecule has 1 heterocycles. The predicted molar refractivity (Wildman–Crippen MR) is 166 cm³/mol. The molecule has 0 aliphatic carbocycles. The minimum Gasteiger partial charge on any atom is -0.506 e. The number of rotatable bonds is 9. The number of aromatic hydroxyl groups is 1. The Morgan fingerprint density at radius 1 is 1.02 bits per heavy atom. The molecule has 212 valence electrons. The lowest BCUT2D eigenvalue weighted by Crippen LogP contribution is -2.39. The van der Waals surface area contributed by atoms with Crippen LogP contribution < -0.4 is 21.2 Å². The van der Waals surface area contributed by atoms with Crippen LogP contribution in [0.5, 0.6) is 11.5 Å². The molecule has 0 saturated carbocycles. The van der Waals surface area contributed by atoms with E-state index < -0.39 is 5.91 Å². The minimum absolute atomic E-state index is 0. The number of hydrogen-bond acceptors (Lipinski definition) is 7. The molecule has 4 aromatic rings. The molecule has 5 N–H and O–H groups in total. The van der Waals surface area contributed by atoms with Crippen LogP contribution in [0.4, 0.5) is 5.69 Å². The quantitative estimate of drug-likeness (QED) is 0.105. The second-order valence-electron chi connectivity index (χ2n) is 9.73. The Morgan fingerprint density at radius 2 is 1.78 bits per heavy atom. The van der Waals surface area contributed by atoms with Crippen molar-refractivity contribution in [2.45, 2.75) is 19.0 Å². The van der Waals surface area contributed by atoms with E-state index in [0.717, 1.165) is 42.4 Å². The highest BCUT2D eigenvalue weighted by Crippen LogP contribution is 2.28. The molecule has 10 heteroatoms. The summed E-state index contributed by atoms with van der Waals surface area (Å²) in [6.45, 7) is 2.55. The number of nitrogens with two attached hydrogens (primary N) is 1. The van der Waals surface area contributed by atoms with Gasteiger partial charge in [-0.05, 0) is 47.7 Å². The van der Waals surface area contributed by atoms with Crippen LogP contribution in [0, 0.1) is 0 Å². The molecule has 1 atom stereocenters. The molecule has 0 bridgehead atoms. The first-order valence-corrected chi connectivity index (χ1v) is 13.1. The van der Waals surface area contributed by atoms with E-state index >= 15 is 0 Å². The lowest BCUT2D eigenvalue weighted by molar-refractivity contribution is -0.123. The molecule has 1 fully saturated rings. The van der Waals surface area contributed by atoms with Crippen molar-refractivity contribution >= 4 is 48.0 Å². The van der Waals surface area contributed by atoms with Gasteiger partial charge in [-0.15, -0.1) is 0 Å². The van der Waals surface area contributed by atoms with Crippen LogP contribution in [0.2, 0.25) is 0 Å². The summed E-state index contributed by atoms with van der Waals surface area (Å²) in [7, 11) is 0. The summed E-state index contributed by atoms with van der Waals surface area (Å²) in [5, 5.41) is 18.4. The number of anilines is 1.